The molecule has 26 heavy (non-hydrogen) atoms. The Labute approximate surface area is 157 Å². The van der Waals surface area contributed by atoms with Gasteiger partial charge in [0, 0.05) is 16.8 Å². The van der Waals surface area contributed by atoms with E-state index in [0.717, 1.165) is 22.9 Å². The van der Waals surface area contributed by atoms with Crippen LogP contribution in [0, 0.1) is 10.1 Å². The lowest BCUT2D eigenvalue weighted by Gasteiger charge is -2.08. The molecule has 0 atom stereocenters. The van der Waals surface area contributed by atoms with Gasteiger partial charge in [-0.3, -0.25) is 10.1 Å². The highest BCUT2D eigenvalue weighted by Gasteiger charge is 2.24. The van der Waals surface area contributed by atoms with Crippen molar-refractivity contribution < 1.29 is 27.6 Å². The third kappa shape index (κ3) is 5.27. The number of benzene rings is 2. The smallest absolute Gasteiger partial charge is 0.338 e. The Balaban J connectivity index is 2.01. The number of nitro groups is 1. The summed E-state index contributed by atoms with van der Waals surface area (Å²) in [4.78, 5) is 21.7. The second-order valence-electron chi connectivity index (χ2n) is 5.15. The average Bonchev–Trinajstić information content (AvgIpc) is 2.57. The lowest BCUT2D eigenvalue weighted by molar-refractivity contribution is -0.387. The quantitative estimate of drug-likeness (QED) is 0.279. The monoisotopic (exact) mass is 443 g/mol. The number of rotatable bonds is 7. The van der Waals surface area contributed by atoms with Gasteiger partial charge in [0.1, 0.15) is 23.9 Å². The van der Waals surface area contributed by atoms with E-state index in [9.17, 15) is 23.3 Å². The van der Waals surface area contributed by atoms with E-state index in [1.165, 1.54) is 6.07 Å². The van der Waals surface area contributed by atoms with Crippen molar-refractivity contribution in [2.75, 3.05) is 19.5 Å². The van der Waals surface area contributed by atoms with Crippen LogP contribution in [0.2, 0.25) is 0 Å². The third-order valence-electron chi connectivity index (χ3n) is 3.17. The van der Waals surface area contributed by atoms with Gasteiger partial charge in [-0.15, -0.1) is 0 Å². The van der Waals surface area contributed by atoms with Crippen LogP contribution < -0.4 is 4.74 Å². The van der Waals surface area contributed by atoms with Crippen molar-refractivity contribution in [3.05, 3.63) is 62.6 Å². The van der Waals surface area contributed by atoms with E-state index in [4.69, 9.17) is 9.47 Å². The molecule has 0 aromatic heterocycles. The fourth-order valence-corrected chi connectivity index (χ4v) is 3.24. The summed E-state index contributed by atoms with van der Waals surface area (Å²) >= 11 is 3.30. The van der Waals surface area contributed by atoms with Gasteiger partial charge >= 0.3 is 5.97 Å². The van der Waals surface area contributed by atoms with Crippen LogP contribution in [0.3, 0.4) is 0 Å². The van der Waals surface area contributed by atoms with E-state index in [0.29, 0.717) is 5.75 Å². The molecule has 138 valence electrons. The minimum absolute atomic E-state index is 0.0764. The molecule has 0 N–H and O–H groups in total. The summed E-state index contributed by atoms with van der Waals surface area (Å²) in [6, 6.07) is 10.2. The van der Waals surface area contributed by atoms with E-state index < -0.39 is 31.3 Å². The molecule has 0 amide bonds. The Kier molecular flexibility index (Phi) is 6.32. The lowest BCUT2D eigenvalue weighted by atomic mass is 10.2. The number of hydrogen-bond donors (Lipinski definition) is 0. The van der Waals surface area contributed by atoms with Crippen LogP contribution in [0.5, 0.6) is 5.75 Å². The topological polar surface area (TPSA) is 113 Å². The van der Waals surface area contributed by atoms with Crippen molar-refractivity contribution in [2.45, 2.75) is 4.90 Å². The van der Waals surface area contributed by atoms with Crippen LogP contribution in [-0.4, -0.2) is 38.8 Å². The zero-order valence-corrected chi connectivity index (χ0v) is 15.9. The molecule has 0 bridgehead atoms. The number of hydrogen-bond acceptors (Lipinski definition) is 7. The predicted molar refractivity (Wildman–Crippen MR) is 96.1 cm³/mol. The number of sulfone groups is 1. The normalized spacial score (nSPS) is 11.0. The molecule has 0 aliphatic heterocycles. The third-order valence-corrected chi connectivity index (χ3v) is 4.81. The number of esters is 1. The Morgan fingerprint density at radius 1 is 1.19 bits per heavy atom. The van der Waals surface area contributed by atoms with Gasteiger partial charge in [0.15, 0.2) is 9.84 Å². The molecule has 0 fully saturated rings. The highest BCUT2D eigenvalue weighted by molar-refractivity contribution is 9.10. The molecule has 0 aliphatic rings. The highest BCUT2D eigenvalue weighted by atomic mass is 79.9. The first-order chi connectivity index (χ1) is 12.2. The van der Waals surface area contributed by atoms with E-state index >= 15 is 0 Å². The fourth-order valence-electron chi connectivity index (χ4n) is 2.03. The van der Waals surface area contributed by atoms with Crippen LogP contribution in [0.4, 0.5) is 5.69 Å². The van der Waals surface area contributed by atoms with Crippen LogP contribution in [0.15, 0.2) is 51.8 Å². The van der Waals surface area contributed by atoms with Crippen molar-refractivity contribution in [1.29, 1.82) is 0 Å². The molecule has 2 aromatic rings. The first kappa shape index (κ1) is 19.9. The largest absolute Gasteiger partial charge is 0.490 e. The Bertz CT molecular complexity index is 943. The SMILES string of the molecule is CS(=O)(=O)c1ccc(C(=O)OCCOc2cccc(Br)c2)cc1[N+](=O)[O-]. The van der Waals surface area contributed by atoms with Crippen molar-refractivity contribution in [3.8, 4) is 5.75 Å². The summed E-state index contributed by atoms with van der Waals surface area (Å²) in [6.45, 7) is 0.0126. The summed E-state index contributed by atoms with van der Waals surface area (Å²) < 4.78 is 34.4. The Hall–Kier alpha value is -2.46. The van der Waals surface area contributed by atoms with Crippen molar-refractivity contribution >= 4 is 37.4 Å². The van der Waals surface area contributed by atoms with Gasteiger partial charge in [-0.1, -0.05) is 22.0 Å². The molecule has 2 rings (SSSR count). The molecule has 0 heterocycles. The van der Waals surface area contributed by atoms with Gasteiger partial charge in [-0.25, -0.2) is 13.2 Å². The number of carbonyl (C=O) groups excluding carboxylic acids is 1. The Morgan fingerprint density at radius 3 is 2.54 bits per heavy atom. The molecular formula is C16H14BrNO7S. The molecule has 10 heteroatoms. The van der Waals surface area contributed by atoms with Crippen LogP contribution in [-0.2, 0) is 14.6 Å². The zero-order valence-electron chi connectivity index (χ0n) is 13.5. The van der Waals surface area contributed by atoms with Crippen molar-refractivity contribution in [2.24, 2.45) is 0 Å². The van der Waals surface area contributed by atoms with E-state index in [1.54, 1.807) is 18.2 Å². The van der Waals surface area contributed by atoms with Gasteiger partial charge in [0.05, 0.1) is 10.5 Å². The molecule has 0 saturated heterocycles. The van der Waals surface area contributed by atoms with Gasteiger partial charge in [0.2, 0.25) is 0 Å². The molecule has 0 saturated carbocycles. The molecule has 2 aromatic carbocycles. The maximum atomic E-state index is 12.0. The van der Waals surface area contributed by atoms with E-state index in [2.05, 4.69) is 15.9 Å². The summed E-state index contributed by atoms with van der Waals surface area (Å²) in [7, 11) is -3.79. The second-order valence-corrected chi connectivity index (χ2v) is 8.05. The molecular weight excluding hydrogens is 430 g/mol. The summed E-state index contributed by atoms with van der Waals surface area (Å²) in [5.41, 5.74) is -0.793. The van der Waals surface area contributed by atoms with E-state index in [1.807, 2.05) is 6.07 Å². The summed E-state index contributed by atoms with van der Waals surface area (Å²) in [5.74, 6) is -0.227. The lowest BCUT2D eigenvalue weighted by Crippen LogP contribution is -2.13. The Morgan fingerprint density at radius 2 is 1.92 bits per heavy atom. The maximum Gasteiger partial charge on any atom is 0.338 e. The van der Waals surface area contributed by atoms with Gasteiger partial charge in [0.25, 0.3) is 5.69 Å². The number of nitro benzene ring substituents is 1. The van der Waals surface area contributed by atoms with Crippen molar-refractivity contribution in [1.82, 2.24) is 0 Å². The standard InChI is InChI=1S/C16H14BrNO7S/c1-26(22,23)15-6-5-11(9-14(15)18(20)21)16(19)25-8-7-24-13-4-2-3-12(17)10-13/h2-6,9-10H,7-8H2,1H3. The fraction of sp³-hybridized carbons (Fsp3) is 0.188. The zero-order chi connectivity index (χ0) is 19.3. The van der Waals surface area contributed by atoms with Crippen LogP contribution in [0.25, 0.3) is 0 Å². The minimum atomic E-state index is -3.79. The first-order valence-corrected chi connectivity index (χ1v) is 9.91. The number of carbonyl (C=O) groups is 1. The van der Waals surface area contributed by atoms with Crippen LogP contribution in [0.1, 0.15) is 10.4 Å². The van der Waals surface area contributed by atoms with E-state index in [-0.39, 0.29) is 18.8 Å². The van der Waals surface area contributed by atoms with Gasteiger partial charge in [-0.2, -0.15) is 0 Å². The van der Waals surface area contributed by atoms with Crippen LogP contribution >= 0.6 is 15.9 Å². The highest BCUT2D eigenvalue weighted by Crippen LogP contribution is 2.25. The number of nitrogens with zero attached hydrogens (tertiary/aromatic N) is 1. The molecule has 0 aliphatic carbocycles. The molecule has 0 unspecified atom stereocenters. The maximum absolute atomic E-state index is 12.0. The predicted octanol–water partition coefficient (Wildman–Crippen LogP) is 3.00. The van der Waals surface area contributed by atoms with Gasteiger partial charge in [-0.05, 0) is 30.3 Å². The van der Waals surface area contributed by atoms with Crippen molar-refractivity contribution in [3.63, 3.8) is 0 Å². The summed E-state index contributed by atoms with van der Waals surface area (Å²) in [5, 5.41) is 11.1. The second kappa shape index (κ2) is 8.28. The number of ether oxygens (including phenoxy) is 2. The molecule has 8 nitrogen and oxygen atoms in total. The minimum Gasteiger partial charge on any atom is -0.490 e. The molecule has 0 radical (unpaired) electrons. The first-order valence-electron chi connectivity index (χ1n) is 7.22. The van der Waals surface area contributed by atoms with Gasteiger partial charge < -0.3 is 9.47 Å². The molecule has 0 spiro atoms. The average molecular weight is 444 g/mol. The summed E-state index contributed by atoms with van der Waals surface area (Å²) in [6.07, 6.45) is 0.854. The number of halogens is 1.